The molecule has 7 heteroatoms. The van der Waals surface area contributed by atoms with Crippen molar-refractivity contribution in [1.29, 1.82) is 0 Å². The first-order valence-electron chi connectivity index (χ1n) is 6.66. The van der Waals surface area contributed by atoms with Gasteiger partial charge in [0.1, 0.15) is 17.7 Å². The molecule has 0 atom stereocenters. The Kier molecular flexibility index (Phi) is 3.32. The van der Waals surface area contributed by atoms with E-state index in [0.717, 1.165) is 35.8 Å². The fraction of sp³-hybridized carbons (Fsp3) is 0.385. The molecule has 0 aliphatic carbocycles. The summed E-state index contributed by atoms with van der Waals surface area (Å²) >= 11 is 0. The molecule has 0 saturated heterocycles. The Hall–Kier alpha value is -2.44. The van der Waals surface area contributed by atoms with E-state index < -0.39 is 0 Å². The van der Waals surface area contributed by atoms with Crippen LogP contribution in [0.25, 0.3) is 5.52 Å². The minimum absolute atomic E-state index is 0.400. The normalized spacial score (nSPS) is 11.3. The Balaban J connectivity index is 1.77. The van der Waals surface area contributed by atoms with Gasteiger partial charge in [-0.2, -0.15) is 10.2 Å². The second kappa shape index (κ2) is 5.28. The monoisotopic (exact) mass is 271 g/mol. The zero-order chi connectivity index (χ0) is 13.9. The summed E-state index contributed by atoms with van der Waals surface area (Å²) in [6.07, 6.45) is 5.90. The highest BCUT2D eigenvalue weighted by Crippen LogP contribution is 2.19. The topological polar surface area (TPSA) is 83.8 Å². The average Bonchev–Trinajstić information content (AvgIpc) is 3.07. The van der Waals surface area contributed by atoms with E-state index in [2.05, 4.69) is 50.5 Å². The van der Waals surface area contributed by atoms with E-state index >= 15 is 0 Å². The van der Waals surface area contributed by atoms with Crippen molar-refractivity contribution in [2.24, 2.45) is 0 Å². The van der Waals surface area contributed by atoms with Crippen LogP contribution in [0.2, 0.25) is 0 Å². The highest BCUT2D eigenvalue weighted by molar-refractivity contribution is 5.67. The van der Waals surface area contributed by atoms with Crippen molar-refractivity contribution in [3.8, 4) is 0 Å². The zero-order valence-electron chi connectivity index (χ0n) is 11.5. The van der Waals surface area contributed by atoms with E-state index in [-0.39, 0.29) is 0 Å². The molecule has 0 saturated carbocycles. The summed E-state index contributed by atoms with van der Waals surface area (Å²) < 4.78 is 1.86. The fourth-order valence-corrected chi connectivity index (χ4v) is 2.01. The third-order valence-corrected chi connectivity index (χ3v) is 3.12. The summed E-state index contributed by atoms with van der Waals surface area (Å²) in [7, 11) is 0. The number of anilines is 1. The van der Waals surface area contributed by atoms with Crippen molar-refractivity contribution in [2.45, 2.75) is 26.2 Å². The summed E-state index contributed by atoms with van der Waals surface area (Å²) in [6, 6.07) is 2.08. The third kappa shape index (κ3) is 2.47. The highest BCUT2D eigenvalue weighted by Gasteiger charge is 2.09. The van der Waals surface area contributed by atoms with Crippen LogP contribution in [0.5, 0.6) is 0 Å². The molecule has 2 N–H and O–H groups in total. The second-order valence-corrected chi connectivity index (χ2v) is 4.94. The molecule has 0 amide bonds. The Morgan fingerprint density at radius 1 is 1.35 bits per heavy atom. The van der Waals surface area contributed by atoms with Gasteiger partial charge in [-0.3, -0.25) is 5.10 Å². The standard InChI is InChI=1S/C13H17N7/c1-9(2)10-7-11-13(15-5-6-20(11)19-10)14-4-3-12-16-8-17-18-12/h5-9H,3-4H2,1-2H3,(H,14,15)(H,16,17,18). The lowest BCUT2D eigenvalue weighted by Crippen LogP contribution is -2.08. The van der Waals surface area contributed by atoms with Crippen molar-refractivity contribution in [3.63, 3.8) is 0 Å². The largest absolute Gasteiger partial charge is 0.368 e. The van der Waals surface area contributed by atoms with Gasteiger partial charge in [0.05, 0.1) is 5.69 Å². The van der Waals surface area contributed by atoms with Gasteiger partial charge in [0, 0.05) is 25.4 Å². The molecular weight excluding hydrogens is 254 g/mol. The molecule has 0 radical (unpaired) electrons. The molecule has 0 bridgehead atoms. The lowest BCUT2D eigenvalue weighted by atomic mass is 10.1. The van der Waals surface area contributed by atoms with Crippen LogP contribution in [-0.4, -0.2) is 36.3 Å². The van der Waals surface area contributed by atoms with E-state index in [4.69, 9.17) is 0 Å². The van der Waals surface area contributed by atoms with Crippen molar-refractivity contribution >= 4 is 11.3 Å². The molecule has 0 aliphatic rings. The smallest absolute Gasteiger partial charge is 0.152 e. The van der Waals surface area contributed by atoms with Gasteiger partial charge in [-0.15, -0.1) is 0 Å². The molecular formula is C13H17N7. The van der Waals surface area contributed by atoms with Gasteiger partial charge in [0.25, 0.3) is 0 Å². The highest BCUT2D eigenvalue weighted by atomic mass is 15.2. The molecule has 3 aromatic heterocycles. The fourth-order valence-electron chi connectivity index (χ4n) is 2.01. The summed E-state index contributed by atoms with van der Waals surface area (Å²) in [5, 5.41) is 14.5. The number of aromatic amines is 1. The van der Waals surface area contributed by atoms with Crippen molar-refractivity contribution in [1.82, 2.24) is 29.8 Å². The molecule has 0 aromatic carbocycles. The van der Waals surface area contributed by atoms with Gasteiger partial charge in [-0.05, 0) is 12.0 Å². The maximum Gasteiger partial charge on any atom is 0.152 e. The SMILES string of the molecule is CC(C)c1cc2c(NCCc3ncn[nH]3)nccn2n1. The van der Waals surface area contributed by atoms with Gasteiger partial charge in [0.2, 0.25) is 0 Å². The van der Waals surface area contributed by atoms with Crippen LogP contribution in [0.4, 0.5) is 5.82 Å². The number of hydrogen-bond donors (Lipinski definition) is 2. The van der Waals surface area contributed by atoms with Gasteiger partial charge >= 0.3 is 0 Å². The van der Waals surface area contributed by atoms with Crippen molar-refractivity contribution < 1.29 is 0 Å². The van der Waals surface area contributed by atoms with E-state index in [1.54, 1.807) is 6.20 Å². The summed E-state index contributed by atoms with van der Waals surface area (Å²) in [5.41, 5.74) is 2.06. The average molecular weight is 271 g/mol. The Bertz CT molecular complexity index is 684. The first-order valence-corrected chi connectivity index (χ1v) is 6.66. The molecule has 0 aliphatic heterocycles. The Morgan fingerprint density at radius 2 is 2.25 bits per heavy atom. The lowest BCUT2D eigenvalue weighted by molar-refractivity contribution is 0.786. The molecule has 3 heterocycles. The van der Waals surface area contributed by atoms with Crippen LogP contribution in [0, 0.1) is 0 Å². The predicted octanol–water partition coefficient (Wildman–Crippen LogP) is 1.63. The van der Waals surface area contributed by atoms with Gasteiger partial charge in [-0.1, -0.05) is 13.8 Å². The number of rotatable bonds is 5. The van der Waals surface area contributed by atoms with Crippen molar-refractivity contribution in [2.75, 3.05) is 11.9 Å². The first-order chi connectivity index (χ1) is 9.74. The van der Waals surface area contributed by atoms with Gasteiger partial charge < -0.3 is 5.32 Å². The maximum atomic E-state index is 4.54. The van der Waals surface area contributed by atoms with Crippen LogP contribution in [0.1, 0.15) is 31.3 Å². The molecule has 3 aromatic rings. The Labute approximate surface area is 116 Å². The van der Waals surface area contributed by atoms with Gasteiger partial charge in [-0.25, -0.2) is 14.5 Å². The number of hydrogen-bond acceptors (Lipinski definition) is 5. The summed E-state index contributed by atoms with van der Waals surface area (Å²) in [6.45, 7) is 5.00. The Morgan fingerprint density at radius 3 is 3.00 bits per heavy atom. The van der Waals surface area contributed by atoms with Crippen LogP contribution in [0.3, 0.4) is 0 Å². The van der Waals surface area contributed by atoms with E-state index in [0.29, 0.717) is 5.92 Å². The summed E-state index contributed by atoms with van der Waals surface area (Å²) in [4.78, 5) is 8.47. The third-order valence-electron chi connectivity index (χ3n) is 3.12. The van der Waals surface area contributed by atoms with Crippen LogP contribution in [-0.2, 0) is 6.42 Å². The summed E-state index contributed by atoms with van der Waals surface area (Å²) in [5.74, 6) is 2.10. The van der Waals surface area contributed by atoms with Crippen LogP contribution in [0.15, 0.2) is 24.8 Å². The molecule has 3 rings (SSSR count). The number of H-pyrrole nitrogens is 1. The molecule has 104 valence electrons. The molecule has 0 spiro atoms. The van der Waals surface area contributed by atoms with E-state index in [9.17, 15) is 0 Å². The quantitative estimate of drug-likeness (QED) is 0.736. The minimum atomic E-state index is 0.400. The molecule has 0 fully saturated rings. The van der Waals surface area contributed by atoms with E-state index in [1.807, 2.05) is 10.7 Å². The van der Waals surface area contributed by atoms with Crippen LogP contribution < -0.4 is 5.32 Å². The van der Waals surface area contributed by atoms with E-state index in [1.165, 1.54) is 6.33 Å². The lowest BCUT2D eigenvalue weighted by Gasteiger charge is -2.05. The number of fused-ring (bicyclic) bond motifs is 1. The predicted molar refractivity (Wildman–Crippen MR) is 75.7 cm³/mol. The molecule has 0 unspecified atom stereocenters. The minimum Gasteiger partial charge on any atom is -0.368 e. The maximum absolute atomic E-state index is 4.54. The number of aromatic nitrogens is 6. The van der Waals surface area contributed by atoms with Crippen LogP contribution >= 0.6 is 0 Å². The molecule has 20 heavy (non-hydrogen) atoms. The van der Waals surface area contributed by atoms with Crippen molar-refractivity contribution in [3.05, 3.63) is 36.3 Å². The first kappa shape index (κ1) is 12.6. The second-order valence-electron chi connectivity index (χ2n) is 4.94. The van der Waals surface area contributed by atoms with Gasteiger partial charge in [0.15, 0.2) is 5.82 Å². The molecule has 7 nitrogen and oxygen atoms in total. The number of nitrogens with zero attached hydrogens (tertiary/aromatic N) is 5. The number of nitrogens with one attached hydrogen (secondary N) is 2. The zero-order valence-corrected chi connectivity index (χ0v) is 11.5.